The summed E-state index contributed by atoms with van der Waals surface area (Å²) in [4.78, 5) is 30.5. The number of rotatable bonds is 6. The molecular formula is C16H18N4O3S. The summed E-state index contributed by atoms with van der Waals surface area (Å²) in [6.45, 7) is 3.66. The molecule has 0 aliphatic carbocycles. The molecule has 1 aromatic carbocycles. The van der Waals surface area contributed by atoms with Crippen LogP contribution in [0.15, 0.2) is 39.3 Å². The Labute approximate surface area is 143 Å². The average Bonchev–Trinajstić information content (AvgIpc) is 2.54. The number of para-hydroxylation sites is 1. The topological polar surface area (TPSA) is 107 Å². The van der Waals surface area contributed by atoms with E-state index in [0.717, 1.165) is 11.8 Å². The quantitative estimate of drug-likeness (QED) is 0.319. The second-order valence-corrected chi connectivity index (χ2v) is 5.89. The van der Waals surface area contributed by atoms with Crippen LogP contribution in [0.3, 0.4) is 0 Å². The summed E-state index contributed by atoms with van der Waals surface area (Å²) in [5, 5.41) is 13.8. The van der Waals surface area contributed by atoms with Gasteiger partial charge in [-0.2, -0.15) is 5.10 Å². The second kappa shape index (κ2) is 8.30. The maximum absolute atomic E-state index is 11.8. The van der Waals surface area contributed by atoms with E-state index in [0.29, 0.717) is 28.4 Å². The highest BCUT2D eigenvalue weighted by atomic mass is 32.2. The van der Waals surface area contributed by atoms with Gasteiger partial charge in [-0.25, -0.2) is 10.4 Å². The highest BCUT2D eigenvalue weighted by molar-refractivity contribution is 7.99. The number of aromatic nitrogens is 2. The minimum atomic E-state index is -0.341. The average molecular weight is 346 g/mol. The minimum Gasteiger partial charge on any atom is -0.507 e. The molecule has 3 N–H and O–H groups in total. The Balaban J connectivity index is 1.90. The third kappa shape index (κ3) is 4.69. The number of hydrogen-bond donors (Lipinski definition) is 3. The molecule has 8 heteroatoms. The van der Waals surface area contributed by atoms with Crippen molar-refractivity contribution in [1.82, 2.24) is 15.4 Å². The maximum atomic E-state index is 11.8. The Morgan fingerprint density at radius 2 is 2.21 bits per heavy atom. The predicted molar refractivity (Wildman–Crippen MR) is 93.5 cm³/mol. The molecule has 0 bridgehead atoms. The van der Waals surface area contributed by atoms with Gasteiger partial charge in [0.25, 0.3) is 11.5 Å². The number of nitrogens with one attached hydrogen (secondary N) is 2. The number of carbonyl (C=O) groups excluding carboxylic acids is 1. The molecule has 0 aliphatic heterocycles. The minimum absolute atomic E-state index is 0.0615. The lowest BCUT2D eigenvalue weighted by atomic mass is 10.2. The Morgan fingerprint density at radius 3 is 2.88 bits per heavy atom. The van der Waals surface area contributed by atoms with Crippen LogP contribution < -0.4 is 11.0 Å². The molecule has 2 aromatic rings. The van der Waals surface area contributed by atoms with Crippen molar-refractivity contribution >= 4 is 23.9 Å². The Bertz CT molecular complexity index is 817. The summed E-state index contributed by atoms with van der Waals surface area (Å²) in [7, 11) is 0. The van der Waals surface area contributed by atoms with Gasteiger partial charge in [-0.15, -0.1) is 0 Å². The molecule has 1 aromatic heterocycles. The van der Waals surface area contributed by atoms with Crippen molar-refractivity contribution in [2.45, 2.75) is 25.4 Å². The highest BCUT2D eigenvalue weighted by Crippen LogP contribution is 2.13. The third-order valence-electron chi connectivity index (χ3n) is 3.22. The monoisotopic (exact) mass is 346 g/mol. The van der Waals surface area contributed by atoms with E-state index in [1.807, 2.05) is 6.92 Å². The van der Waals surface area contributed by atoms with Gasteiger partial charge in [-0.05, 0) is 25.5 Å². The van der Waals surface area contributed by atoms with Crippen LogP contribution in [0, 0.1) is 6.92 Å². The van der Waals surface area contributed by atoms with Crippen molar-refractivity contribution < 1.29 is 9.90 Å². The third-order valence-corrected chi connectivity index (χ3v) is 4.10. The van der Waals surface area contributed by atoms with Gasteiger partial charge >= 0.3 is 0 Å². The van der Waals surface area contributed by atoms with E-state index in [1.165, 1.54) is 12.3 Å². The number of phenolic OH excluding ortho intramolecular Hbond substituents is 1. The first-order valence-electron chi connectivity index (χ1n) is 7.33. The van der Waals surface area contributed by atoms with E-state index in [1.54, 1.807) is 25.1 Å². The van der Waals surface area contributed by atoms with Crippen molar-refractivity contribution in [3.05, 3.63) is 51.4 Å². The molecule has 24 heavy (non-hydrogen) atoms. The van der Waals surface area contributed by atoms with Gasteiger partial charge in [0.05, 0.1) is 12.0 Å². The molecule has 0 saturated heterocycles. The molecule has 0 aliphatic rings. The molecule has 0 fully saturated rings. The van der Waals surface area contributed by atoms with Gasteiger partial charge < -0.3 is 10.1 Å². The Morgan fingerprint density at radius 1 is 1.46 bits per heavy atom. The first kappa shape index (κ1) is 17.7. The number of hydrazone groups is 1. The van der Waals surface area contributed by atoms with Gasteiger partial charge in [0.2, 0.25) is 0 Å². The van der Waals surface area contributed by atoms with Crippen LogP contribution in [-0.4, -0.2) is 32.9 Å². The lowest BCUT2D eigenvalue weighted by Crippen LogP contribution is -2.21. The largest absolute Gasteiger partial charge is 0.507 e. The zero-order valence-corrected chi connectivity index (χ0v) is 14.2. The number of H-pyrrole nitrogens is 1. The van der Waals surface area contributed by atoms with E-state index in [9.17, 15) is 14.7 Å². The van der Waals surface area contributed by atoms with Gasteiger partial charge in [-0.1, -0.05) is 30.8 Å². The summed E-state index contributed by atoms with van der Waals surface area (Å²) >= 11 is 1.12. The van der Waals surface area contributed by atoms with Crippen LogP contribution in [-0.2, 0) is 11.2 Å². The Kier molecular flexibility index (Phi) is 6.14. The van der Waals surface area contributed by atoms with Crippen molar-refractivity contribution in [3.8, 4) is 5.75 Å². The van der Waals surface area contributed by atoms with Gasteiger partial charge in [0.15, 0.2) is 5.16 Å². The first-order chi connectivity index (χ1) is 11.5. The summed E-state index contributed by atoms with van der Waals surface area (Å²) in [5.74, 6) is -0.198. The fourth-order valence-electron chi connectivity index (χ4n) is 2.01. The molecule has 0 atom stereocenters. The molecule has 7 nitrogen and oxygen atoms in total. The zero-order valence-electron chi connectivity index (χ0n) is 13.4. The molecule has 1 amide bonds. The smallest absolute Gasteiger partial charge is 0.254 e. The zero-order chi connectivity index (χ0) is 17.5. The summed E-state index contributed by atoms with van der Waals surface area (Å²) in [6, 6.07) is 6.65. The molecule has 0 unspecified atom stereocenters. The number of phenols is 1. The van der Waals surface area contributed by atoms with E-state index in [4.69, 9.17) is 0 Å². The Hall–Kier alpha value is -2.61. The predicted octanol–water partition coefficient (Wildman–Crippen LogP) is 1.59. The molecule has 2 rings (SSSR count). The number of nitrogens with zero attached hydrogens (tertiary/aromatic N) is 2. The second-order valence-electron chi connectivity index (χ2n) is 4.93. The van der Waals surface area contributed by atoms with E-state index in [2.05, 4.69) is 20.5 Å². The number of hydrogen-bond acceptors (Lipinski definition) is 6. The molecular weight excluding hydrogens is 328 g/mol. The number of thioether (sulfide) groups is 1. The van der Waals surface area contributed by atoms with Gasteiger partial charge in [0, 0.05) is 16.8 Å². The molecule has 1 heterocycles. The first-order valence-corrected chi connectivity index (χ1v) is 8.32. The highest BCUT2D eigenvalue weighted by Gasteiger charge is 2.08. The fraction of sp³-hybridized carbons (Fsp3) is 0.250. The fourth-order valence-corrected chi connectivity index (χ4v) is 2.70. The molecule has 126 valence electrons. The number of amides is 1. The van der Waals surface area contributed by atoms with Crippen molar-refractivity contribution in [1.29, 1.82) is 0 Å². The SMILES string of the molecule is CCc1c(C)nc(SCC(=O)N/N=C/c2ccccc2O)[nH]c1=O. The van der Waals surface area contributed by atoms with E-state index >= 15 is 0 Å². The number of aromatic hydroxyl groups is 1. The number of aryl methyl sites for hydroxylation is 1. The van der Waals surface area contributed by atoms with Crippen LogP contribution >= 0.6 is 11.8 Å². The maximum Gasteiger partial charge on any atom is 0.254 e. The van der Waals surface area contributed by atoms with E-state index < -0.39 is 0 Å². The van der Waals surface area contributed by atoms with Crippen LogP contribution in [0.4, 0.5) is 0 Å². The summed E-state index contributed by atoms with van der Waals surface area (Å²) in [5.41, 5.74) is 4.00. The van der Waals surface area contributed by atoms with Crippen LogP contribution in [0.2, 0.25) is 0 Å². The van der Waals surface area contributed by atoms with Crippen molar-refractivity contribution in [3.63, 3.8) is 0 Å². The number of carbonyl (C=O) groups is 1. The van der Waals surface area contributed by atoms with Crippen molar-refractivity contribution in [2.24, 2.45) is 5.10 Å². The van der Waals surface area contributed by atoms with Crippen LogP contribution in [0.1, 0.15) is 23.7 Å². The molecule has 0 saturated carbocycles. The lowest BCUT2D eigenvalue weighted by molar-refractivity contribution is -0.118. The normalized spacial score (nSPS) is 10.9. The van der Waals surface area contributed by atoms with Crippen LogP contribution in [0.25, 0.3) is 0 Å². The summed E-state index contributed by atoms with van der Waals surface area (Å²) in [6.07, 6.45) is 1.97. The number of aromatic amines is 1. The lowest BCUT2D eigenvalue weighted by Gasteiger charge is -2.04. The van der Waals surface area contributed by atoms with Gasteiger partial charge in [-0.3, -0.25) is 9.59 Å². The van der Waals surface area contributed by atoms with Crippen LogP contribution in [0.5, 0.6) is 5.75 Å². The summed E-state index contributed by atoms with van der Waals surface area (Å²) < 4.78 is 0. The molecule has 0 spiro atoms. The standard InChI is InChI=1S/C16H18N4O3S/c1-3-12-10(2)18-16(19-15(12)23)24-9-14(22)20-17-8-11-6-4-5-7-13(11)21/h4-8,21H,3,9H2,1-2H3,(H,20,22)(H,18,19,23)/b17-8+. The molecule has 0 radical (unpaired) electrons. The van der Waals surface area contributed by atoms with Gasteiger partial charge in [0.1, 0.15) is 5.75 Å². The number of benzene rings is 1. The van der Waals surface area contributed by atoms with E-state index in [-0.39, 0.29) is 23.0 Å². The van der Waals surface area contributed by atoms with Crippen molar-refractivity contribution in [2.75, 3.05) is 5.75 Å².